The number of hydrogen-bond donors (Lipinski definition) is 0. The summed E-state index contributed by atoms with van der Waals surface area (Å²) in [5.74, 6) is 0.707. The van der Waals surface area contributed by atoms with Crippen LogP contribution in [0.3, 0.4) is 0 Å². The Kier molecular flexibility index (Phi) is 10.7. The molecule has 0 fully saturated rings. The highest BCUT2D eigenvalue weighted by atomic mass is 15.1. The summed E-state index contributed by atoms with van der Waals surface area (Å²) >= 11 is 0. The highest BCUT2D eigenvalue weighted by Gasteiger charge is 2.15. The van der Waals surface area contributed by atoms with E-state index in [1.807, 2.05) is 76.4 Å². The predicted octanol–water partition coefficient (Wildman–Crippen LogP) is 7.97. The van der Waals surface area contributed by atoms with Gasteiger partial charge in [-0.15, -0.1) is 0 Å². The van der Waals surface area contributed by atoms with E-state index in [9.17, 15) is 0 Å². The van der Waals surface area contributed by atoms with Crippen molar-refractivity contribution in [3.8, 4) is 17.1 Å². The Hall–Kier alpha value is -3.79. The highest BCUT2D eigenvalue weighted by molar-refractivity contribution is 5.88. The second-order valence-corrected chi connectivity index (χ2v) is 7.02. The Morgan fingerprint density at radius 1 is 1.00 bits per heavy atom. The van der Waals surface area contributed by atoms with Crippen LogP contribution in [-0.4, -0.2) is 27.8 Å². The quantitative estimate of drug-likeness (QED) is 0.220. The smallest absolute Gasteiger partial charge is 0.161 e. The minimum atomic E-state index is 0.707. The molecule has 0 bridgehead atoms. The van der Waals surface area contributed by atoms with E-state index < -0.39 is 0 Å². The molecule has 0 aliphatic carbocycles. The Morgan fingerprint density at radius 2 is 1.68 bits per heavy atom. The number of fused-ring (bicyclic) bond motifs is 1. The van der Waals surface area contributed by atoms with Gasteiger partial charge in [-0.2, -0.15) is 0 Å². The van der Waals surface area contributed by atoms with Crippen molar-refractivity contribution in [3.63, 3.8) is 0 Å². The van der Waals surface area contributed by atoms with Crippen molar-refractivity contribution in [1.29, 1.82) is 0 Å². The number of aliphatic imine (C=N–C) groups is 1. The van der Waals surface area contributed by atoms with Gasteiger partial charge in [-0.05, 0) is 41.8 Å². The SMILES string of the molecule is C=C(/C=C\C=NC)c1cc2cnc(-c3ccccc3)nc2n1-c1ccc(CC)cc1.CC.CC. The molecule has 2 aromatic carbocycles. The average Bonchev–Trinajstić information content (AvgIpc) is 3.30. The van der Waals surface area contributed by atoms with Crippen LogP contribution >= 0.6 is 0 Å². The van der Waals surface area contributed by atoms with E-state index in [-0.39, 0.29) is 0 Å². The van der Waals surface area contributed by atoms with E-state index in [0.717, 1.165) is 40.0 Å². The molecule has 4 nitrogen and oxygen atoms in total. The van der Waals surface area contributed by atoms with Gasteiger partial charge in [0, 0.05) is 36.1 Å². The van der Waals surface area contributed by atoms with Crippen LogP contribution in [0.15, 0.2) is 90.6 Å². The standard InChI is InChI=1S/C26H24N4.2C2H6/c1-4-20-12-14-23(15-13-20)30-24(19(2)9-8-16-27-3)17-22-18-28-25(29-26(22)30)21-10-6-5-7-11-21;2*1-2/h5-18H,2,4H2,1,3H3;2*1-2H3/b9-8-,27-16?;;. The van der Waals surface area contributed by atoms with Crippen molar-refractivity contribution < 1.29 is 0 Å². The first-order chi connectivity index (χ1) is 16.7. The van der Waals surface area contributed by atoms with Gasteiger partial charge in [0.05, 0.1) is 5.69 Å². The normalized spacial score (nSPS) is 10.6. The summed E-state index contributed by atoms with van der Waals surface area (Å²) in [6.07, 6.45) is 8.50. The third kappa shape index (κ3) is 6.16. The van der Waals surface area contributed by atoms with Crippen LogP contribution in [0, 0.1) is 0 Å². The van der Waals surface area contributed by atoms with Crippen molar-refractivity contribution in [2.24, 2.45) is 4.99 Å². The van der Waals surface area contributed by atoms with Crippen LogP contribution in [-0.2, 0) is 6.42 Å². The average molecular weight is 453 g/mol. The van der Waals surface area contributed by atoms with Gasteiger partial charge < -0.3 is 0 Å². The van der Waals surface area contributed by atoms with Gasteiger partial charge >= 0.3 is 0 Å². The van der Waals surface area contributed by atoms with Crippen molar-refractivity contribution in [1.82, 2.24) is 14.5 Å². The lowest BCUT2D eigenvalue weighted by Gasteiger charge is -2.12. The fourth-order valence-electron chi connectivity index (χ4n) is 3.42. The van der Waals surface area contributed by atoms with E-state index in [2.05, 4.69) is 58.4 Å². The van der Waals surface area contributed by atoms with Gasteiger partial charge in [-0.1, -0.05) is 89.7 Å². The maximum absolute atomic E-state index is 4.92. The van der Waals surface area contributed by atoms with Crippen LogP contribution < -0.4 is 0 Å². The largest absolute Gasteiger partial charge is 0.297 e. The molecule has 0 unspecified atom stereocenters. The summed E-state index contributed by atoms with van der Waals surface area (Å²) in [5.41, 5.74) is 6.07. The monoisotopic (exact) mass is 452 g/mol. The van der Waals surface area contributed by atoms with E-state index in [4.69, 9.17) is 4.98 Å². The Morgan fingerprint density at radius 3 is 2.29 bits per heavy atom. The van der Waals surface area contributed by atoms with Crippen LogP contribution in [0.4, 0.5) is 0 Å². The molecular weight excluding hydrogens is 416 g/mol. The Balaban J connectivity index is 0.000000970. The van der Waals surface area contributed by atoms with Crippen LogP contribution in [0.2, 0.25) is 0 Å². The molecule has 0 spiro atoms. The van der Waals surface area contributed by atoms with Crippen molar-refractivity contribution in [2.75, 3.05) is 7.05 Å². The second kappa shape index (κ2) is 13.7. The number of aromatic nitrogens is 3. The van der Waals surface area contributed by atoms with Crippen LogP contribution in [0.5, 0.6) is 0 Å². The molecule has 4 aromatic rings. The molecular formula is C30H36N4. The number of benzene rings is 2. The van der Waals surface area contributed by atoms with Gasteiger partial charge in [-0.25, -0.2) is 9.97 Å². The molecule has 2 heterocycles. The molecule has 4 rings (SSSR count). The van der Waals surface area contributed by atoms with Crippen molar-refractivity contribution in [3.05, 3.63) is 96.8 Å². The lowest BCUT2D eigenvalue weighted by molar-refractivity contribution is 1.05. The molecule has 176 valence electrons. The zero-order valence-corrected chi connectivity index (χ0v) is 21.3. The van der Waals surface area contributed by atoms with E-state index in [0.29, 0.717) is 5.82 Å². The van der Waals surface area contributed by atoms with E-state index in [1.165, 1.54) is 5.56 Å². The summed E-state index contributed by atoms with van der Waals surface area (Å²) in [6.45, 7) is 14.4. The van der Waals surface area contributed by atoms with Crippen LogP contribution in [0.1, 0.15) is 45.9 Å². The third-order valence-electron chi connectivity index (χ3n) is 5.04. The summed E-state index contributed by atoms with van der Waals surface area (Å²) in [6, 6.07) is 20.7. The predicted molar refractivity (Wildman–Crippen MR) is 149 cm³/mol. The number of nitrogens with zero attached hydrogens (tertiary/aromatic N) is 4. The first-order valence-corrected chi connectivity index (χ1v) is 12.0. The molecule has 0 saturated heterocycles. The highest BCUT2D eigenvalue weighted by Crippen LogP contribution is 2.29. The molecule has 0 saturated carbocycles. The van der Waals surface area contributed by atoms with Gasteiger partial charge in [0.1, 0.15) is 5.65 Å². The van der Waals surface area contributed by atoms with Crippen LogP contribution in [0.25, 0.3) is 33.7 Å². The maximum atomic E-state index is 4.92. The molecule has 34 heavy (non-hydrogen) atoms. The molecule has 0 atom stereocenters. The number of aryl methyl sites for hydroxylation is 1. The third-order valence-corrected chi connectivity index (χ3v) is 5.04. The summed E-state index contributed by atoms with van der Waals surface area (Å²) in [4.78, 5) is 13.5. The molecule has 0 N–H and O–H groups in total. The second-order valence-electron chi connectivity index (χ2n) is 7.02. The fourth-order valence-corrected chi connectivity index (χ4v) is 3.42. The molecule has 2 aromatic heterocycles. The lowest BCUT2D eigenvalue weighted by atomic mass is 10.1. The van der Waals surface area contributed by atoms with E-state index in [1.54, 1.807) is 13.3 Å². The number of hydrogen-bond acceptors (Lipinski definition) is 3. The number of allylic oxidation sites excluding steroid dienone is 3. The number of rotatable bonds is 6. The molecule has 0 aliphatic heterocycles. The summed E-state index contributed by atoms with van der Waals surface area (Å²) in [5, 5.41) is 0.975. The van der Waals surface area contributed by atoms with E-state index >= 15 is 0 Å². The maximum Gasteiger partial charge on any atom is 0.161 e. The first-order valence-electron chi connectivity index (χ1n) is 12.0. The van der Waals surface area contributed by atoms with Gasteiger partial charge in [-0.3, -0.25) is 9.56 Å². The zero-order chi connectivity index (χ0) is 24.9. The zero-order valence-electron chi connectivity index (χ0n) is 21.3. The molecule has 0 amide bonds. The topological polar surface area (TPSA) is 43.1 Å². The van der Waals surface area contributed by atoms with Gasteiger partial charge in [0.2, 0.25) is 0 Å². The first kappa shape index (κ1) is 26.5. The lowest BCUT2D eigenvalue weighted by Crippen LogP contribution is -2.01. The van der Waals surface area contributed by atoms with Crippen molar-refractivity contribution >= 4 is 22.8 Å². The molecule has 4 heteroatoms. The Bertz CT molecular complexity index is 1230. The minimum absolute atomic E-state index is 0.707. The van der Waals surface area contributed by atoms with Gasteiger partial charge in [0.15, 0.2) is 5.82 Å². The minimum Gasteiger partial charge on any atom is -0.297 e. The fraction of sp³-hybridized carbons (Fsp3) is 0.233. The summed E-state index contributed by atoms with van der Waals surface area (Å²) < 4.78 is 2.15. The van der Waals surface area contributed by atoms with Gasteiger partial charge in [0.25, 0.3) is 0 Å². The molecule has 0 aliphatic rings. The summed E-state index contributed by atoms with van der Waals surface area (Å²) in [7, 11) is 1.75. The van der Waals surface area contributed by atoms with Crippen molar-refractivity contribution in [2.45, 2.75) is 41.0 Å². The Labute approximate surface area is 204 Å². The molecule has 0 radical (unpaired) electrons.